The minimum Gasteiger partial charge on any atom is -0.494 e. The fourth-order valence-corrected chi connectivity index (χ4v) is 4.42. The molecular weight excluding hydrogens is 436 g/mol. The van der Waals surface area contributed by atoms with Crippen molar-refractivity contribution in [2.75, 3.05) is 19.7 Å². The lowest BCUT2D eigenvalue weighted by atomic mass is 9.98. The molecule has 1 saturated heterocycles. The molecule has 9 heteroatoms. The lowest BCUT2D eigenvalue weighted by Crippen LogP contribution is -2.27. The second kappa shape index (κ2) is 11.7. The number of para-hydroxylation sites is 1. The lowest BCUT2D eigenvalue weighted by Gasteiger charge is -2.19. The number of ether oxygens (including phenoxy) is 2. The molecule has 1 aliphatic rings. The van der Waals surface area contributed by atoms with Gasteiger partial charge in [0.2, 0.25) is 0 Å². The number of nitrogens with zero attached hydrogens (tertiary/aromatic N) is 5. The van der Waals surface area contributed by atoms with Crippen molar-refractivity contribution in [3.63, 3.8) is 0 Å². The van der Waals surface area contributed by atoms with E-state index in [1.165, 1.54) is 11.3 Å². The molecule has 1 aliphatic heterocycles. The van der Waals surface area contributed by atoms with Crippen LogP contribution in [-0.4, -0.2) is 44.9 Å². The first-order chi connectivity index (χ1) is 16.3. The van der Waals surface area contributed by atoms with Gasteiger partial charge in [-0.3, -0.25) is 0 Å². The Morgan fingerprint density at radius 1 is 1.03 bits per heavy atom. The van der Waals surface area contributed by atoms with Gasteiger partial charge in [-0.15, -0.1) is 10.2 Å². The summed E-state index contributed by atoms with van der Waals surface area (Å²) < 4.78 is 12.8. The van der Waals surface area contributed by atoms with Gasteiger partial charge < -0.3 is 14.8 Å². The van der Waals surface area contributed by atoms with Crippen LogP contribution in [0.3, 0.4) is 0 Å². The van der Waals surface area contributed by atoms with Crippen molar-refractivity contribution in [3.8, 4) is 16.7 Å². The molecule has 4 aromatic rings. The molecule has 0 spiro atoms. The van der Waals surface area contributed by atoms with Crippen LogP contribution >= 0.6 is 11.3 Å². The molecule has 5 rings (SSSR count). The van der Waals surface area contributed by atoms with Crippen LogP contribution in [-0.2, 0) is 6.54 Å². The van der Waals surface area contributed by atoms with Crippen molar-refractivity contribution in [2.24, 2.45) is 0 Å². The van der Waals surface area contributed by atoms with Crippen LogP contribution in [0.25, 0.3) is 10.2 Å². The molecule has 0 unspecified atom stereocenters. The molecule has 0 amide bonds. The maximum absolute atomic E-state index is 5.88. The molecule has 0 radical (unpaired) electrons. The maximum atomic E-state index is 5.88. The molecule has 2 aromatic carbocycles. The molecule has 8 nitrogen and oxygen atoms in total. The van der Waals surface area contributed by atoms with Crippen LogP contribution in [0, 0.1) is 0 Å². The van der Waals surface area contributed by atoms with E-state index in [1.807, 2.05) is 62.4 Å². The highest BCUT2D eigenvalue weighted by Gasteiger charge is 2.19. The number of rotatable bonds is 8. The zero-order valence-electron chi connectivity index (χ0n) is 19.1. The van der Waals surface area contributed by atoms with Crippen LogP contribution < -0.4 is 14.8 Å². The molecule has 3 heterocycles. The molecule has 33 heavy (non-hydrogen) atoms. The molecule has 0 bridgehead atoms. The summed E-state index contributed by atoms with van der Waals surface area (Å²) in [4.78, 5) is 6.17. The first-order valence-electron chi connectivity index (χ1n) is 11.6. The van der Waals surface area contributed by atoms with Gasteiger partial charge in [0.25, 0.3) is 5.19 Å². The van der Waals surface area contributed by atoms with Crippen LogP contribution in [0.5, 0.6) is 16.7 Å². The second-order valence-corrected chi connectivity index (χ2v) is 8.48. The third-order valence-electron chi connectivity index (χ3n) is 5.25. The Morgan fingerprint density at radius 3 is 2.58 bits per heavy atom. The van der Waals surface area contributed by atoms with Crippen molar-refractivity contribution in [2.45, 2.75) is 45.6 Å². The molecule has 1 N–H and O–H groups in total. The van der Waals surface area contributed by atoms with Crippen LogP contribution in [0.1, 0.15) is 44.9 Å². The molecule has 0 aliphatic carbocycles. The van der Waals surface area contributed by atoms with Gasteiger partial charge in [-0.2, -0.15) is 4.80 Å². The van der Waals surface area contributed by atoms with Gasteiger partial charge >= 0.3 is 0 Å². The minimum absolute atomic E-state index is 0.426. The lowest BCUT2D eigenvalue weighted by molar-refractivity contribution is 0.292. The SMILES string of the molecule is CC.c1ccc2sc(Oc3ccc(OCCCn4nnc(C5CCNCC5)n4)cc3)nc2c1. The van der Waals surface area contributed by atoms with E-state index in [0.717, 1.165) is 59.9 Å². The molecule has 2 aromatic heterocycles. The fraction of sp³-hybridized carbons (Fsp3) is 0.417. The van der Waals surface area contributed by atoms with Gasteiger partial charge in [0.1, 0.15) is 11.5 Å². The summed E-state index contributed by atoms with van der Waals surface area (Å²) in [6, 6.07) is 15.6. The maximum Gasteiger partial charge on any atom is 0.279 e. The Hall–Kier alpha value is -3.04. The zero-order valence-corrected chi connectivity index (χ0v) is 19.9. The van der Waals surface area contributed by atoms with Crippen LogP contribution in [0.15, 0.2) is 48.5 Å². The molecule has 0 atom stereocenters. The number of hydrogen-bond acceptors (Lipinski definition) is 8. The van der Waals surface area contributed by atoms with Gasteiger partial charge in [-0.25, -0.2) is 4.98 Å². The number of aryl methyl sites for hydroxylation is 1. The topological polar surface area (TPSA) is 87.0 Å². The number of nitrogens with one attached hydrogen (secondary N) is 1. The Morgan fingerprint density at radius 2 is 1.79 bits per heavy atom. The van der Waals surface area contributed by atoms with E-state index in [-0.39, 0.29) is 0 Å². The Balaban J connectivity index is 0.00000126. The Labute approximate surface area is 197 Å². The standard InChI is InChI=1S/C22H24N6O2S.C2H6/c1-2-5-20-19(4-1)24-22(31-20)30-18-8-6-17(7-9-18)29-15-3-14-28-26-21(25-27-28)16-10-12-23-13-11-16;1-2/h1-2,4-9,16,23H,3,10-15H2;1-2H3. The van der Waals surface area contributed by atoms with Gasteiger partial charge in [-0.1, -0.05) is 37.3 Å². The van der Waals surface area contributed by atoms with Gasteiger partial charge in [0.05, 0.1) is 23.4 Å². The van der Waals surface area contributed by atoms with E-state index in [4.69, 9.17) is 9.47 Å². The number of fused-ring (bicyclic) bond motifs is 1. The van der Waals surface area contributed by atoms with Crippen LogP contribution in [0.2, 0.25) is 0 Å². The predicted molar refractivity (Wildman–Crippen MR) is 130 cm³/mol. The van der Waals surface area contributed by atoms with E-state index in [0.29, 0.717) is 24.3 Å². The smallest absolute Gasteiger partial charge is 0.279 e. The summed E-state index contributed by atoms with van der Waals surface area (Å²) in [5.74, 6) is 2.84. The molecule has 0 saturated carbocycles. The quantitative estimate of drug-likeness (QED) is 0.364. The highest BCUT2D eigenvalue weighted by atomic mass is 32.1. The third kappa shape index (κ3) is 6.27. The monoisotopic (exact) mass is 466 g/mol. The average Bonchev–Trinajstić information content (AvgIpc) is 3.51. The van der Waals surface area contributed by atoms with Crippen LogP contribution in [0.4, 0.5) is 0 Å². The van der Waals surface area contributed by atoms with Crippen molar-refractivity contribution >= 4 is 21.6 Å². The average molecular weight is 467 g/mol. The zero-order chi connectivity index (χ0) is 22.9. The van der Waals surface area contributed by atoms with Gasteiger partial charge in [0, 0.05) is 12.3 Å². The van der Waals surface area contributed by atoms with Crippen molar-refractivity contribution in [1.29, 1.82) is 0 Å². The summed E-state index contributed by atoms with van der Waals surface area (Å²) in [7, 11) is 0. The summed E-state index contributed by atoms with van der Waals surface area (Å²) in [6.07, 6.45) is 2.97. The number of benzene rings is 2. The van der Waals surface area contributed by atoms with E-state index in [2.05, 4.69) is 25.7 Å². The van der Waals surface area contributed by atoms with Gasteiger partial charge in [-0.05, 0) is 67.5 Å². The fourth-order valence-electron chi connectivity index (χ4n) is 3.59. The summed E-state index contributed by atoms with van der Waals surface area (Å²) in [6.45, 7) is 7.33. The van der Waals surface area contributed by atoms with E-state index < -0.39 is 0 Å². The van der Waals surface area contributed by atoms with Crippen molar-refractivity contribution in [3.05, 3.63) is 54.4 Å². The minimum atomic E-state index is 0.426. The number of tetrazole rings is 1. The van der Waals surface area contributed by atoms with E-state index in [9.17, 15) is 0 Å². The predicted octanol–water partition coefficient (Wildman–Crippen LogP) is 5.04. The number of hydrogen-bond donors (Lipinski definition) is 1. The number of aromatic nitrogens is 5. The highest BCUT2D eigenvalue weighted by molar-refractivity contribution is 7.20. The first-order valence-corrected chi connectivity index (χ1v) is 12.4. The number of thiazole rings is 1. The third-order valence-corrected chi connectivity index (χ3v) is 6.16. The summed E-state index contributed by atoms with van der Waals surface area (Å²) in [5, 5.41) is 16.9. The number of piperidine rings is 1. The Bertz CT molecular complexity index is 1090. The van der Waals surface area contributed by atoms with E-state index in [1.54, 1.807) is 4.80 Å². The summed E-state index contributed by atoms with van der Waals surface area (Å²) in [5.41, 5.74) is 0.951. The van der Waals surface area contributed by atoms with Gasteiger partial charge in [0.15, 0.2) is 5.82 Å². The molecular formula is C24H30N6O2S. The van der Waals surface area contributed by atoms with Crippen molar-refractivity contribution in [1.82, 2.24) is 30.5 Å². The van der Waals surface area contributed by atoms with Crippen molar-refractivity contribution < 1.29 is 9.47 Å². The van der Waals surface area contributed by atoms with E-state index >= 15 is 0 Å². The largest absolute Gasteiger partial charge is 0.494 e. The molecule has 174 valence electrons. The summed E-state index contributed by atoms with van der Waals surface area (Å²) >= 11 is 1.53. The second-order valence-electron chi connectivity index (χ2n) is 7.49. The Kier molecular flexibility index (Phi) is 8.21. The first kappa shape index (κ1) is 23.1. The normalized spacial score (nSPS) is 14.0. The molecule has 1 fully saturated rings. The highest BCUT2D eigenvalue weighted by Crippen LogP contribution is 2.31.